The molecule has 6 nitrogen and oxygen atoms in total. The highest BCUT2D eigenvalue weighted by molar-refractivity contribution is 5.87. The van der Waals surface area contributed by atoms with Crippen molar-refractivity contribution < 1.29 is 14.3 Å². The predicted octanol–water partition coefficient (Wildman–Crippen LogP) is 2.67. The van der Waals surface area contributed by atoms with E-state index in [1.165, 1.54) is 0 Å². The zero-order valence-electron chi connectivity index (χ0n) is 13.6. The van der Waals surface area contributed by atoms with E-state index in [1.54, 1.807) is 13.1 Å². The minimum atomic E-state index is -0.403. The molecule has 3 rings (SSSR count). The Labute approximate surface area is 140 Å². The van der Waals surface area contributed by atoms with Crippen molar-refractivity contribution >= 4 is 17.8 Å². The lowest BCUT2D eigenvalue weighted by Gasteiger charge is -2.15. The van der Waals surface area contributed by atoms with Crippen LogP contribution in [0, 0.1) is 6.92 Å². The third-order valence-electron chi connectivity index (χ3n) is 3.70. The van der Waals surface area contributed by atoms with E-state index < -0.39 is 6.04 Å². The van der Waals surface area contributed by atoms with Crippen LogP contribution in [-0.4, -0.2) is 25.0 Å². The van der Waals surface area contributed by atoms with Crippen LogP contribution >= 0.6 is 0 Å². The molecule has 2 N–H and O–H groups in total. The van der Waals surface area contributed by atoms with Crippen molar-refractivity contribution in [1.82, 2.24) is 5.43 Å². The van der Waals surface area contributed by atoms with Gasteiger partial charge in [-0.15, -0.1) is 0 Å². The van der Waals surface area contributed by atoms with E-state index in [4.69, 9.17) is 9.47 Å². The van der Waals surface area contributed by atoms with Crippen molar-refractivity contribution in [3.05, 3.63) is 53.6 Å². The van der Waals surface area contributed by atoms with Crippen molar-refractivity contribution in [3.63, 3.8) is 0 Å². The lowest BCUT2D eigenvalue weighted by Crippen LogP contribution is -2.35. The number of hydrazone groups is 1. The molecule has 1 heterocycles. The lowest BCUT2D eigenvalue weighted by atomic mass is 10.2. The van der Waals surface area contributed by atoms with Gasteiger partial charge in [-0.1, -0.05) is 18.2 Å². The zero-order chi connectivity index (χ0) is 16.9. The van der Waals surface area contributed by atoms with Crippen LogP contribution < -0.4 is 20.2 Å². The number of carbonyl (C=O) groups is 1. The second-order valence-corrected chi connectivity index (χ2v) is 5.53. The molecule has 1 unspecified atom stereocenters. The van der Waals surface area contributed by atoms with E-state index in [9.17, 15) is 4.79 Å². The first-order valence-electron chi connectivity index (χ1n) is 7.68. The normalized spacial score (nSPS) is 13.8. The van der Waals surface area contributed by atoms with Gasteiger partial charge in [0, 0.05) is 5.69 Å². The number of benzene rings is 2. The lowest BCUT2D eigenvalue weighted by molar-refractivity contribution is -0.121. The topological polar surface area (TPSA) is 72.0 Å². The fourth-order valence-corrected chi connectivity index (χ4v) is 2.29. The van der Waals surface area contributed by atoms with Gasteiger partial charge in [-0.2, -0.15) is 5.10 Å². The number of fused-ring (bicyclic) bond motifs is 1. The maximum Gasteiger partial charge on any atom is 0.262 e. The molecule has 0 radical (unpaired) electrons. The van der Waals surface area contributed by atoms with Gasteiger partial charge >= 0.3 is 0 Å². The first-order chi connectivity index (χ1) is 11.6. The van der Waals surface area contributed by atoms with E-state index in [-0.39, 0.29) is 12.7 Å². The summed E-state index contributed by atoms with van der Waals surface area (Å²) in [7, 11) is 0. The Balaban J connectivity index is 1.56. The third kappa shape index (κ3) is 3.65. The average molecular weight is 325 g/mol. The molecule has 1 amide bonds. The molecule has 1 aliphatic heterocycles. The Morgan fingerprint density at radius 1 is 1.21 bits per heavy atom. The highest BCUT2D eigenvalue weighted by atomic mass is 16.7. The summed E-state index contributed by atoms with van der Waals surface area (Å²) in [6, 6.07) is 12.9. The molecule has 6 heteroatoms. The van der Waals surface area contributed by atoms with Crippen LogP contribution in [0.3, 0.4) is 0 Å². The standard InChI is InChI=1S/C18H19N3O3/c1-12-5-3-4-6-15(12)20-13(2)18(22)21-19-10-14-7-8-16-17(9-14)24-11-23-16/h3-10,13,20H,11H2,1-2H3,(H,21,22)/b19-10+. The zero-order valence-corrected chi connectivity index (χ0v) is 13.6. The van der Waals surface area contributed by atoms with Crippen LogP contribution in [0.5, 0.6) is 11.5 Å². The van der Waals surface area contributed by atoms with Crippen LogP contribution in [0.4, 0.5) is 5.69 Å². The van der Waals surface area contributed by atoms with Gasteiger partial charge in [0.05, 0.1) is 6.21 Å². The van der Waals surface area contributed by atoms with E-state index in [0.717, 1.165) is 16.8 Å². The molecule has 0 spiro atoms. The molecule has 0 bridgehead atoms. The molecule has 24 heavy (non-hydrogen) atoms. The SMILES string of the molecule is Cc1ccccc1NC(C)C(=O)N/N=C/c1ccc2c(c1)OCO2. The monoisotopic (exact) mass is 325 g/mol. The smallest absolute Gasteiger partial charge is 0.262 e. The fourth-order valence-electron chi connectivity index (χ4n) is 2.29. The summed E-state index contributed by atoms with van der Waals surface area (Å²) < 4.78 is 10.6. The Hall–Kier alpha value is -3.02. The summed E-state index contributed by atoms with van der Waals surface area (Å²) in [5, 5.41) is 7.16. The molecule has 124 valence electrons. The van der Waals surface area contributed by atoms with Crippen molar-refractivity contribution in [2.75, 3.05) is 12.1 Å². The Morgan fingerprint density at radius 3 is 2.83 bits per heavy atom. The molecule has 1 aliphatic rings. The number of aryl methyl sites for hydroxylation is 1. The van der Waals surface area contributed by atoms with Gasteiger partial charge in [-0.25, -0.2) is 5.43 Å². The van der Waals surface area contributed by atoms with Crippen molar-refractivity contribution in [2.45, 2.75) is 19.9 Å². The van der Waals surface area contributed by atoms with Crippen molar-refractivity contribution in [1.29, 1.82) is 0 Å². The van der Waals surface area contributed by atoms with Gasteiger partial charge in [-0.3, -0.25) is 4.79 Å². The molecular formula is C18H19N3O3. The Bertz CT molecular complexity index is 774. The Kier molecular flexibility index (Phi) is 4.65. The van der Waals surface area contributed by atoms with Crippen molar-refractivity contribution in [2.24, 2.45) is 5.10 Å². The number of rotatable bonds is 5. The number of hydrogen-bond acceptors (Lipinski definition) is 5. The quantitative estimate of drug-likeness (QED) is 0.655. The summed E-state index contributed by atoms with van der Waals surface area (Å²) in [5.41, 5.74) is 5.37. The summed E-state index contributed by atoms with van der Waals surface area (Å²) in [4.78, 5) is 12.1. The molecule has 2 aromatic rings. The van der Waals surface area contributed by atoms with Gasteiger partial charge in [0.2, 0.25) is 6.79 Å². The molecule has 0 aliphatic carbocycles. The van der Waals surface area contributed by atoms with Crippen LogP contribution in [0.15, 0.2) is 47.6 Å². The highest BCUT2D eigenvalue weighted by Gasteiger charge is 2.14. The predicted molar refractivity (Wildman–Crippen MR) is 92.6 cm³/mol. The fraction of sp³-hybridized carbons (Fsp3) is 0.222. The number of para-hydroxylation sites is 1. The minimum Gasteiger partial charge on any atom is -0.454 e. The number of ether oxygens (including phenoxy) is 2. The van der Waals surface area contributed by atoms with Crippen LogP contribution in [-0.2, 0) is 4.79 Å². The maximum absolute atomic E-state index is 12.1. The van der Waals surface area contributed by atoms with Gasteiger partial charge < -0.3 is 14.8 Å². The van der Waals surface area contributed by atoms with Crippen LogP contribution in [0.1, 0.15) is 18.1 Å². The molecule has 0 saturated carbocycles. The molecule has 2 aromatic carbocycles. The van der Waals surface area contributed by atoms with E-state index >= 15 is 0 Å². The van der Waals surface area contributed by atoms with Crippen LogP contribution in [0.2, 0.25) is 0 Å². The molecule has 0 aromatic heterocycles. The summed E-state index contributed by atoms with van der Waals surface area (Å²) in [5.74, 6) is 1.18. The maximum atomic E-state index is 12.1. The number of nitrogens with one attached hydrogen (secondary N) is 2. The first kappa shape index (κ1) is 15.9. The number of carbonyl (C=O) groups excluding carboxylic acids is 1. The molecule has 0 saturated heterocycles. The third-order valence-corrected chi connectivity index (χ3v) is 3.70. The van der Waals surface area contributed by atoms with Gasteiger partial charge in [0.1, 0.15) is 6.04 Å². The number of amides is 1. The second-order valence-electron chi connectivity index (χ2n) is 5.53. The van der Waals surface area contributed by atoms with Gasteiger partial charge in [0.15, 0.2) is 11.5 Å². The molecular weight excluding hydrogens is 306 g/mol. The van der Waals surface area contributed by atoms with Crippen LogP contribution in [0.25, 0.3) is 0 Å². The van der Waals surface area contributed by atoms with Gasteiger partial charge in [-0.05, 0) is 49.2 Å². The first-order valence-corrected chi connectivity index (χ1v) is 7.68. The minimum absolute atomic E-state index is 0.213. The molecule has 1 atom stereocenters. The van der Waals surface area contributed by atoms with E-state index in [0.29, 0.717) is 11.5 Å². The molecule has 0 fully saturated rings. The van der Waals surface area contributed by atoms with Crippen molar-refractivity contribution in [3.8, 4) is 11.5 Å². The summed E-state index contributed by atoms with van der Waals surface area (Å²) >= 11 is 0. The summed E-state index contributed by atoms with van der Waals surface area (Å²) in [6.07, 6.45) is 1.57. The summed E-state index contributed by atoms with van der Waals surface area (Å²) in [6.45, 7) is 4.01. The number of nitrogens with zero attached hydrogens (tertiary/aromatic N) is 1. The highest BCUT2D eigenvalue weighted by Crippen LogP contribution is 2.31. The van der Waals surface area contributed by atoms with E-state index in [2.05, 4.69) is 15.8 Å². The number of anilines is 1. The van der Waals surface area contributed by atoms with Gasteiger partial charge in [0.25, 0.3) is 5.91 Å². The van der Waals surface area contributed by atoms with E-state index in [1.807, 2.05) is 49.4 Å². The largest absolute Gasteiger partial charge is 0.454 e. The average Bonchev–Trinajstić information content (AvgIpc) is 3.04. The number of hydrogen-bond donors (Lipinski definition) is 2. The second kappa shape index (κ2) is 7.04. The Morgan fingerprint density at radius 2 is 2.00 bits per heavy atom.